The zero-order valence-electron chi connectivity index (χ0n) is 14.1. The average Bonchev–Trinajstić information content (AvgIpc) is 2.95. The minimum Gasteiger partial charge on any atom is -0.449 e. The lowest BCUT2D eigenvalue weighted by atomic mass is 10.2. The molecule has 134 valence electrons. The number of aromatic nitrogens is 1. The van der Waals surface area contributed by atoms with Crippen LogP contribution < -0.4 is 5.32 Å². The van der Waals surface area contributed by atoms with Crippen LogP contribution in [0, 0.1) is 11.6 Å². The van der Waals surface area contributed by atoms with Gasteiger partial charge in [-0.05, 0) is 25.1 Å². The van der Waals surface area contributed by atoms with Gasteiger partial charge in [0.05, 0.1) is 5.56 Å². The van der Waals surface area contributed by atoms with Gasteiger partial charge in [0.25, 0.3) is 5.91 Å². The summed E-state index contributed by atoms with van der Waals surface area (Å²) in [6, 6.07) is 10.5. The highest BCUT2D eigenvalue weighted by Crippen LogP contribution is 2.22. The lowest BCUT2D eigenvalue weighted by molar-refractivity contribution is -0.123. The number of nitrogens with one attached hydrogen (secondary N) is 1. The maximum atomic E-state index is 13.6. The van der Waals surface area contributed by atoms with Crippen molar-refractivity contribution in [1.82, 2.24) is 4.57 Å². The number of esters is 1. The Kier molecular flexibility index (Phi) is 4.71. The molecule has 1 aromatic heterocycles. The smallest absolute Gasteiger partial charge is 0.341 e. The van der Waals surface area contributed by atoms with Crippen molar-refractivity contribution in [2.24, 2.45) is 7.05 Å². The zero-order chi connectivity index (χ0) is 18.8. The maximum Gasteiger partial charge on any atom is 0.341 e. The van der Waals surface area contributed by atoms with E-state index < -0.39 is 35.3 Å². The molecule has 0 bridgehead atoms. The lowest BCUT2D eigenvalue weighted by Crippen LogP contribution is -2.30. The van der Waals surface area contributed by atoms with E-state index in [4.69, 9.17) is 4.74 Å². The van der Waals surface area contributed by atoms with Crippen molar-refractivity contribution in [2.75, 3.05) is 5.32 Å². The molecule has 0 aliphatic carbocycles. The van der Waals surface area contributed by atoms with Crippen LogP contribution in [0.3, 0.4) is 0 Å². The molecule has 5 nitrogen and oxygen atoms in total. The van der Waals surface area contributed by atoms with Gasteiger partial charge in [-0.1, -0.05) is 24.3 Å². The fourth-order valence-corrected chi connectivity index (χ4v) is 2.62. The molecule has 2 aromatic carbocycles. The minimum absolute atomic E-state index is 0.305. The van der Waals surface area contributed by atoms with Crippen LogP contribution in [0.5, 0.6) is 0 Å². The summed E-state index contributed by atoms with van der Waals surface area (Å²) in [5.41, 5.74) is 0.565. The van der Waals surface area contributed by atoms with Gasteiger partial charge < -0.3 is 14.6 Å². The van der Waals surface area contributed by atoms with E-state index in [0.29, 0.717) is 10.9 Å². The summed E-state index contributed by atoms with van der Waals surface area (Å²) in [5.74, 6) is -3.35. The predicted octanol–water partition coefficient (Wildman–Crippen LogP) is 3.64. The SMILES string of the molecule is CC(OC(=O)c1cn(C)c2ccccc12)C(=O)Nc1c(F)cccc1F. The summed E-state index contributed by atoms with van der Waals surface area (Å²) in [6.07, 6.45) is 0.370. The topological polar surface area (TPSA) is 60.3 Å². The third kappa shape index (κ3) is 3.28. The number of benzene rings is 2. The number of fused-ring (bicyclic) bond motifs is 1. The Balaban J connectivity index is 1.75. The second kappa shape index (κ2) is 6.95. The van der Waals surface area contributed by atoms with Gasteiger partial charge in [-0.2, -0.15) is 0 Å². The average molecular weight is 358 g/mol. The molecule has 0 aliphatic rings. The van der Waals surface area contributed by atoms with Gasteiger partial charge in [0.2, 0.25) is 0 Å². The highest BCUT2D eigenvalue weighted by atomic mass is 19.1. The molecular formula is C19H16F2N2O3. The van der Waals surface area contributed by atoms with Crippen LogP contribution in [0.25, 0.3) is 10.9 Å². The third-order valence-corrected chi connectivity index (χ3v) is 3.98. The third-order valence-electron chi connectivity index (χ3n) is 3.98. The highest BCUT2D eigenvalue weighted by molar-refractivity contribution is 6.05. The van der Waals surface area contributed by atoms with Crippen molar-refractivity contribution in [1.29, 1.82) is 0 Å². The first-order chi connectivity index (χ1) is 12.4. The molecule has 1 unspecified atom stereocenters. The first-order valence-electron chi connectivity index (χ1n) is 7.88. The van der Waals surface area contributed by atoms with Crippen molar-refractivity contribution in [2.45, 2.75) is 13.0 Å². The van der Waals surface area contributed by atoms with Gasteiger partial charge in [0.15, 0.2) is 6.10 Å². The van der Waals surface area contributed by atoms with Crippen LogP contribution in [-0.4, -0.2) is 22.5 Å². The van der Waals surface area contributed by atoms with Crippen LogP contribution >= 0.6 is 0 Å². The highest BCUT2D eigenvalue weighted by Gasteiger charge is 2.23. The molecule has 0 saturated heterocycles. The second-order valence-electron chi connectivity index (χ2n) is 5.80. The standard InChI is InChI=1S/C19H16F2N2O3/c1-11(18(24)22-17-14(20)7-5-8-15(17)21)26-19(25)13-10-23(2)16-9-4-3-6-12(13)16/h3-11H,1-2H3,(H,22,24). The Hall–Kier alpha value is -3.22. The van der Waals surface area contributed by atoms with E-state index in [1.54, 1.807) is 29.9 Å². The first kappa shape index (κ1) is 17.6. The number of carbonyl (C=O) groups is 2. The largest absolute Gasteiger partial charge is 0.449 e. The van der Waals surface area contributed by atoms with Crippen LogP contribution in [0.15, 0.2) is 48.7 Å². The van der Waals surface area contributed by atoms with Gasteiger partial charge in [0.1, 0.15) is 17.3 Å². The van der Waals surface area contributed by atoms with E-state index in [2.05, 4.69) is 5.32 Å². The minimum atomic E-state index is -1.24. The number of rotatable bonds is 4. The van der Waals surface area contributed by atoms with Crippen molar-refractivity contribution in [3.8, 4) is 0 Å². The van der Waals surface area contributed by atoms with Gasteiger partial charge in [0, 0.05) is 24.1 Å². The molecular weight excluding hydrogens is 342 g/mol. The summed E-state index contributed by atoms with van der Waals surface area (Å²) < 4.78 is 34.2. The zero-order valence-corrected chi connectivity index (χ0v) is 14.1. The van der Waals surface area contributed by atoms with E-state index in [1.165, 1.54) is 13.0 Å². The molecule has 0 fully saturated rings. The predicted molar refractivity (Wildman–Crippen MR) is 92.8 cm³/mol. The second-order valence-corrected chi connectivity index (χ2v) is 5.80. The Morgan fingerprint density at radius 3 is 2.42 bits per heavy atom. The van der Waals surface area contributed by atoms with E-state index in [1.807, 2.05) is 12.1 Å². The van der Waals surface area contributed by atoms with Crippen LogP contribution in [-0.2, 0) is 16.6 Å². The molecule has 1 N–H and O–H groups in total. The van der Waals surface area contributed by atoms with Crippen molar-refractivity contribution < 1.29 is 23.1 Å². The number of para-hydroxylation sites is 2. The summed E-state index contributed by atoms with van der Waals surface area (Å²) in [5, 5.41) is 2.79. The van der Waals surface area contributed by atoms with E-state index in [0.717, 1.165) is 17.6 Å². The summed E-state index contributed by atoms with van der Waals surface area (Å²) in [4.78, 5) is 24.5. The fourth-order valence-electron chi connectivity index (χ4n) is 2.62. The van der Waals surface area contributed by atoms with Gasteiger partial charge in [-0.15, -0.1) is 0 Å². The van der Waals surface area contributed by atoms with Crippen molar-refractivity contribution >= 4 is 28.5 Å². The molecule has 1 atom stereocenters. The molecule has 7 heteroatoms. The van der Waals surface area contributed by atoms with Crippen molar-refractivity contribution in [3.05, 3.63) is 65.9 Å². The summed E-state index contributed by atoms with van der Waals surface area (Å²) in [6.45, 7) is 1.33. The lowest BCUT2D eigenvalue weighted by Gasteiger charge is -2.14. The Morgan fingerprint density at radius 1 is 1.08 bits per heavy atom. The number of hydrogen-bond acceptors (Lipinski definition) is 3. The molecule has 26 heavy (non-hydrogen) atoms. The fraction of sp³-hybridized carbons (Fsp3) is 0.158. The van der Waals surface area contributed by atoms with Crippen LogP contribution in [0.2, 0.25) is 0 Å². The maximum absolute atomic E-state index is 13.6. The van der Waals surface area contributed by atoms with Gasteiger partial charge in [-0.3, -0.25) is 4.79 Å². The van der Waals surface area contributed by atoms with Gasteiger partial charge in [-0.25, -0.2) is 13.6 Å². The molecule has 3 aromatic rings. The van der Waals surface area contributed by atoms with Crippen molar-refractivity contribution in [3.63, 3.8) is 0 Å². The number of ether oxygens (including phenoxy) is 1. The molecule has 3 rings (SSSR count). The number of nitrogens with zero attached hydrogens (tertiary/aromatic N) is 1. The number of carbonyl (C=O) groups excluding carboxylic acids is 2. The Bertz CT molecular complexity index is 977. The molecule has 0 aliphatic heterocycles. The Morgan fingerprint density at radius 2 is 1.73 bits per heavy atom. The molecule has 1 heterocycles. The molecule has 1 amide bonds. The van der Waals surface area contributed by atoms with E-state index >= 15 is 0 Å². The number of hydrogen-bond donors (Lipinski definition) is 1. The first-order valence-corrected chi connectivity index (χ1v) is 7.88. The monoisotopic (exact) mass is 358 g/mol. The number of aryl methyl sites for hydroxylation is 1. The quantitative estimate of drug-likeness (QED) is 0.725. The summed E-state index contributed by atoms with van der Waals surface area (Å²) in [7, 11) is 1.79. The molecule has 0 saturated carbocycles. The normalized spacial score (nSPS) is 12.0. The number of amides is 1. The van der Waals surface area contributed by atoms with Gasteiger partial charge >= 0.3 is 5.97 Å². The Labute approximate surface area is 148 Å². The molecule has 0 radical (unpaired) electrons. The summed E-state index contributed by atoms with van der Waals surface area (Å²) >= 11 is 0. The van der Waals surface area contributed by atoms with Crippen LogP contribution in [0.1, 0.15) is 17.3 Å². The van der Waals surface area contributed by atoms with E-state index in [-0.39, 0.29) is 0 Å². The van der Waals surface area contributed by atoms with E-state index in [9.17, 15) is 18.4 Å². The number of halogens is 2. The number of anilines is 1. The molecule has 0 spiro atoms. The van der Waals surface area contributed by atoms with Crippen LogP contribution in [0.4, 0.5) is 14.5 Å².